The van der Waals surface area contributed by atoms with Crippen LogP contribution in [-0.4, -0.2) is 39.7 Å². The molecule has 0 radical (unpaired) electrons. The predicted octanol–water partition coefficient (Wildman–Crippen LogP) is 5.95. The first-order chi connectivity index (χ1) is 19.3. The second-order valence-corrected chi connectivity index (χ2v) is 11.6. The number of aromatic nitrogens is 1. The molecule has 5 rings (SSSR count). The lowest BCUT2D eigenvalue weighted by molar-refractivity contribution is 0.0987. The van der Waals surface area contributed by atoms with Crippen LogP contribution in [0.15, 0.2) is 107 Å². The number of fused-ring (bicyclic) bond motifs is 1. The molecule has 0 spiro atoms. The minimum absolute atomic E-state index is 0.0270. The zero-order valence-corrected chi connectivity index (χ0v) is 23.1. The van der Waals surface area contributed by atoms with Crippen LogP contribution in [0.25, 0.3) is 10.2 Å². The van der Waals surface area contributed by atoms with Gasteiger partial charge in [0.05, 0.1) is 34.1 Å². The van der Waals surface area contributed by atoms with Crippen molar-refractivity contribution in [2.75, 3.05) is 23.5 Å². The Labute approximate surface area is 234 Å². The normalized spacial score (nSPS) is 11.6. The van der Waals surface area contributed by atoms with Gasteiger partial charge in [0.15, 0.2) is 0 Å². The van der Waals surface area contributed by atoms with E-state index in [1.54, 1.807) is 61.7 Å². The lowest BCUT2D eigenvalue weighted by atomic mass is 10.2. The smallest absolute Gasteiger partial charge is 0.280 e. The summed E-state index contributed by atoms with van der Waals surface area (Å²) in [5, 5.41) is 5.75. The number of rotatable bonds is 8. The van der Waals surface area contributed by atoms with E-state index >= 15 is 0 Å². The average molecular weight is 575 g/mol. The summed E-state index contributed by atoms with van der Waals surface area (Å²) in [5.74, 6) is -0.282. The molecule has 1 heterocycles. The van der Waals surface area contributed by atoms with Crippen LogP contribution in [0.1, 0.15) is 15.9 Å². The summed E-state index contributed by atoms with van der Waals surface area (Å²) in [6, 6.07) is 25.5. The van der Waals surface area contributed by atoms with Crippen molar-refractivity contribution in [1.29, 1.82) is 0 Å². The van der Waals surface area contributed by atoms with Crippen molar-refractivity contribution >= 4 is 54.5 Å². The Morgan fingerprint density at radius 3 is 2.35 bits per heavy atom. The number of carbonyl (C=O) groups excluding carboxylic acids is 1. The molecule has 11 heteroatoms. The highest BCUT2D eigenvalue weighted by Crippen LogP contribution is 2.31. The number of hydrogen-bond donors (Lipinski definition) is 0. The van der Waals surface area contributed by atoms with E-state index in [2.05, 4.69) is 10.1 Å². The van der Waals surface area contributed by atoms with Crippen LogP contribution in [0.2, 0.25) is 0 Å². The maximum absolute atomic E-state index is 13.8. The lowest BCUT2D eigenvalue weighted by Crippen LogP contribution is -2.27. The first kappa shape index (κ1) is 27.0. The van der Waals surface area contributed by atoms with E-state index in [1.165, 1.54) is 60.0 Å². The molecule has 0 saturated heterocycles. The molecule has 0 aliphatic heterocycles. The van der Waals surface area contributed by atoms with E-state index in [1.807, 2.05) is 0 Å². The second kappa shape index (κ2) is 11.2. The van der Waals surface area contributed by atoms with E-state index in [0.29, 0.717) is 27.2 Å². The van der Waals surface area contributed by atoms with Gasteiger partial charge >= 0.3 is 0 Å². The number of methoxy groups -OCH3 is 1. The molecule has 0 aliphatic rings. The van der Waals surface area contributed by atoms with Gasteiger partial charge in [-0.1, -0.05) is 29.5 Å². The zero-order chi connectivity index (χ0) is 28.3. The number of carbonyl (C=O) groups is 1. The molecule has 0 fully saturated rings. The van der Waals surface area contributed by atoms with Crippen LogP contribution < -0.4 is 14.1 Å². The second-order valence-electron chi connectivity index (χ2n) is 8.58. The highest BCUT2D eigenvalue weighted by Gasteiger charge is 2.24. The van der Waals surface area contributed by atoms with E-state index in [9.17, 15) is 17.6 Å². The molecule has 4 aromatic carbocycles. The van der Waals surface area contributed by atoms with Gasteiger partial charge in [0.2, 0.25) is 5.13 Å². The number of nitrogens with zero attached hydrogens (tertiary/aromatic N) is 4. The number of anilines is 2. The number of ether oxygens (including phenoxy) is 1. The summed E-state index contributed by atoms with van der Waals surface area (Å²) in [4.78, 5) is 18.2. The van der Waals surface area contributed by atoms with Gasteiger partial charge in [-0.2, -0.15) is 10.1 Å². The number of benzene rings is 4. The Balaban J connectivity index is 1.47. The summed E-state index contributed by atoms with van der Waals surface area (Å²) < 4.78 is 47.0. The van der Waals surface area contributed by atoms with Crippen molar-refractivity contribution in [2.45, 2.75) is 4.90 Å². The molecule has 0 saturated carbocycles. The van der Waals surface area contributed by atoms with Crippen molar-refractivity contribution in [3.8, 4) is 5.75 Å². The van der Waals surface area contributed by atoms with Crippen LogP contribution in [0.4, 0.5) is 15.2 Å². The molecular formula is C29H23FN4O4S2. The van der Waals surface area contributed by atoms with Crippen molar-refractivity contribution in [3.63, 3.8) is 0 Å². The Morgan fingerprint density at radius 2 is 1.68 bits per heavy atom. The molecule has 1 amide bonds. The third-order valence-corrected chi connectivity index (χ3v) is 8.82. The van der Waals surface area contributed by atoms with Crippen molar-refractivity contribution in [1.82, 2.24) is 4.98 Å². The zero-order valence-electron chi connectivity index (χ0n) is 21.4. The molecule has 0 unspecified atom stereocenters. The molecule has 0 bridgehead atoms. The maximum Gasteiger partial charge on any atom is 0.280 e. The quantitative estimate of drug-likeness (QED) is 0.169. The van der Waals surface area contributed by atoms with Gasteiger partial charge in [-0.3, -0.25) is 9.10 Å². The summed E-state index contributed by atoms with van der Waals surface area (Å²) >= 11 is 1.11. The summed E-state index contributed by atoms with van der Waals surface area (Å²) in [5.41, 5.74) is 1.92. The monoisotopic (exact) mass is 574 g/mol. The molecule has 0 atom stereocenters. The fraction of sp³-hybridized carbons (Fsp3) is 0.0690. The van der Waals surface area contributed by atoms with Gasteiger partial charge in [-0.25, -0.2) is 17.8 Å². The van der Waals surface area contributed by atoms with E-state index in [0.717, 1.165) is 16.3 Å². The minimum atomic E-state index is -3.86. The maximum atomic E-state index is 13.8. The third-order valence-electron chi connectivity index (χ3n) is 6.03. The molecule has 1 aromatic heterocycles. The van der Waals surface area contributed by atoms with Gasteiger partial charge in [0.25, 0.3) is 15.9 Å². The Hall–Kier alpha value is -4.61. The number of thiazole rings is 1. The SMILES string of the molecule is COc1ccc(/C=N/N(C(=O)c2ccc(S(=O)(=O)N(C)c3ccccc3)cc2)c2nc3ccc(F)cc3s2)cc1. The first-order valence-electron chi connectivity index (χ1n) is 12.0. The topological polar surface area (TPSA) is 92.2 Å². The number of hydrogen-bond acceptors (Lipinski definition) is 7. The van der Waals surface area contributed by atoms with E-state index < -0.39 is 21.7 Å². The van der Waals surface area contributed by atoms with Crippen molar-refractivity contribution < 1.29 is 22.3 Å². The average Bonchev–Trinajstić information content (AvgIpc) is 3.40. The lowest BCUT2D eigenvalue weighted by Gasteiger charge is -2.19. The third kappa shape index (κ3) is 5.56. The number of para-hydroxylation sites is 1. The molecule has 0 aliphatic carbocycles. The molecule has 5 aromatic rings. The fourth-order valence-corrected chi connectivity index (χ4v) is 5.95. The van der Waals surface area contributed by atoms with Crippen molar-refractivity contribution in [3.05, 3.63) is 114 Å². The van der Waals surface area contributed by atoms with E-state index in [-0.39, 0.29) is 15.6 Å². The summed E-state index contributed by atoms with van der Waals surface area (Å²) in [6.07, 6.45) is 1.50. The predicted molar refractivity (Wildman–Crippen MR) is 155 cm³/mol. The summed E-state index contributed by atoms with van der Waals surface area (Å²) in [7, 11) is -0.825. The molecule has 0 N–H and O–H groups in total. The Kier molecular flexibility index (Phi) is 7.58. The Bertz CT molecular complexity index is 1790. The number of hydrazone groups is 1. The summed E-state index contributed by atoms with van der Waals surface area (Å²) in [6.45, 7) is 0. The molecule has 40 heavy (non-hydrogen) atoms. The molecule has 8 nitrogen and oxygen atoms in total. The largest absolute Gasteiger partial charge is 0.497 e. The van der Waals surface area contributed by atoms with Crippen LogP contribution in [0.5, 0.6) is 5.75 Å². The van der Waals surface area contributed by atoms with E-state index in [4.69, 9.17) is 4.74 Å². The molecule has 202 valence electrons. The van der Waals surface area contributed by atoms with Gasteiger partial charge in [0.1, 0.15) is 11.6 Å². The number of halogens is 1. The number of amides is 1. The highest BCUT2D eigenvalue weighted by molar-refractivity contribution is 7.92. The highest BCUT2D eigenvalue weighted by atomic mass is 32.2. The van der Waals surface area contributed by atoms with Gasteiger partial charge in [0, 0.05) is 12.6 Å². The Morgan fingerprint density at radius 1 is 0.975 bits per heavy atom. The molecular weight excluding hydrogens is 551 g/mol. The number of sulfonamides is 1. The van der Waals surface area contributed by atoms with Gasteiger partial charge < -0.3 is 4.74 Å². The van der Waals surface area contributed by atoms with Gasteiger partial charge in [-0.15, -0.1) is 0 Å². The first-order valence-corrected chi connectivity index (χ1v) is 14.2. The van der Waals surface area contributed by atoms with Crippen molar-refractivity contribution in [2.24, 2.45) is 5.10 Å². The van der Waals surface area contributed by atoms with Crippen LogP contribution in [-0.2, 0) is 10.0 Å². The minimum Gasteiger partial charge on any atom is -0.497 e. The van der Waals surface area contributed by atoms with Crippen LogP contribution in [0.3, 0.4) is 0 Å². The van der Waals surface area contributed by atoms with Crippen LogP contribution >= 0.6 is 11.3 Å². The fourth-order valence-electron chi connectivity index (χ4n) is 3.81. The van der Waals surface area contributed by atoms with Gasteiger partial charge in [-0.05, 0) is 84.4 Å². The standard InChI is InChI=1S/C29H23FN4O4S2/c1-33(23-6-4-3-5-7-23)40(36,37)25-15-10-21(11-16-25)28(35)34(31-19-20-8-13-24(38-2)14-9-20)29-32-26-17-12-22(30)18-27(26)39-29/h3-19H,1-2H3/b31-19+. The van der Waals surface area contributed by atoms with Crippen LogP contribution in [0, 0.1) is 5.82 Å².